The third-order valence-electron chi connectivity index (χ3n) is 3.97. The number of sulfonamides is 1. The van der Waals surface area contributed by atoms with Crippen molar-refractivity contribution in [2.45, 2.75) is 43.5 Å². The van der Waals surface area contributed by atoms with Crippen molar-refractivity contribution in [3.63, 3.8) is 0 Å². The molecule has 0 aromatic heterocycles. The lowest BCUT2D eigenvalue weighted by Gasteiger charge is -2.14. The van der Waals surface area contributed by atoms with Gasteiger partial charge in [-0.15, -0.1) is 0 Å². The van der Waals surface area contributed by atoms with Crippen LogP contribution in [0, 0.1) is 5.92 Å². The quantitative estimate of drug-likeness (QED) is 0.796. The monoisotopic (exact) mass is 340 g/mol. The molecule has 1 aliphatic rings. The average molecular weight is 340 g/mol. The van der Waals surface area contributed by atoms with E-state index < -0.39 is 10.0 Å². The minimum absolute atomic E-state index is 0.0364. The van der Waals surface area contributed by atoms with Crippen LogP contribution in [0.3, 0.4) is 0 Å². The van der Waals surface area contributed by atoms with Gasteiger partial charge in [0, 0.05) is 18.8 Å². The van der Waals surface area contributed by atoms with E-state index in [2.05, 4.69) is 10.0 Å². The van der Waals surface area contributed by atoms with Crippen LogP contribution in [0.5, 0.6) is 0 Å². The molecule has 1 amide bonds. The number of carbonyl (C=O) groups excluding carboxylic acids is 1. The molecule has 1 aliphatic carbocycles. The summed E-state index contributed by atoms with van der Waals surface area (Å²) in [5.41, 5.74) is 0.567. The van der Waals surface area contributed by atoms with Crippen LogP contribution in [-0.2, 0) is 19.6 Å². The Morgan fingerprint density at radius 1 is 1.26 bits per heavy atom. The van der Waals surface area contributed by atoms with Gasteiger partial charge in [0.1, 0.15) is 0 Å². The SMILES string of the molecule is COC[C@@H](C)C(=O)Nc1ccc(S(=O)(=O)NC2CCCC2)cc1. The molecule has 2 rings (SSSR count). The smallest absolute Gasteiger partial charge is 0.240 e. The molecule has 0 radical (unpaired) electrons. The molecule has 1 saturated carbocycles. The van der Waals surface area contributed by atoms with Crippen molar-refractivity contribution >= 4 is 21.6 Å². The van der Waals surface area contributed by atoms with Crippen molar-refractivity contribution in [2.75, 3.05) is 19.0 Å². The number of ether oxygens (including phenoxy) is 1. The zero-order valence-electron chi connectivity index (χ0n) is 13.5. The summed E-state index contributed by atoms with van der Waals surface area (Å²) < 4.78 is 32.3. The van der Waals surface area contributed by atoms with Crippen LogP contribution in [-0.4, -0.2) is 34.1 Å². The van der Waals surface area contributed by atoms with E-state index in [0.717, 1.165) is 25.7 Å². The first-order chi connectivity index (χ1) is 10.9. The van der Waals surface area contributed by atoms with Crippen LogP contribution in [0.25, 0.3) is 0 Å². The number of methoxy groups -OCH3 is 1. The molecule has 0 aliphatic heterocycles. The normalized spacial score (nSPS) is 17.1. The Balaban J connectivity index is 1.99. The van der Waals surface area contributed by atoms with Gasteiger partial charge >= 0.3 is 0 Å². The second-order valence-corrected chi connectivity index (χ2v) is 7.69. The number of rotatable bonds is 7. The predicted molar refractivity (Wildman–Crippen MR) is 88.7 cm³/mol. The van der Waals surface area contributed by atoms with E-state index in [1.807, 2.05) is 0 Å². The highest BCUT2D eigenvalue weighted by Crippen LogP contribution is 2.21. The van der Waals surface area contributed by atoms with E-state index in [1.54, 1.807) is 26.2 Å². The summed E-state index contributed by atoms with van der Waals surface area (Å²) in [5.74, 6) is -0.431. The maximum absolute atomic E-state index is 12.3. The standard InChI is InChI=1S/C16H24N2O4S/c1-12(11-22-2)16(19)17-13-7-9-15(10-8-13)23(20,21)18-14-5-3-4-6-14/h7-10,12,14,18H,3-6,11H2,1-2H3,(H,17,19)/t12-/m1/s1. The molecular formula is C16H24N2O4S. The largest absolute Gasteiger partial charge is 0.384 e. The van der Waals surface area contributed by atoms with Gasteiger partial charge in [-0.2, -0.15) is 0 Å². The van der Waals surface area contributed by atoms with Crippen LogP contribution in [0.15, 0.2) is 29.2 Å². The van der Waals surface area contributed by atoms with Crippen molar-refractivity contribution in [1.29, 1.82) is 0 Å². The van der Waals surface area contributed by atoms with Crippen molar-refractivity contribution in [3.8, 4) is 0 Å². The molecule has 0 bridgehead atoms. The number of amides is 1. The van der Waals surface area contributed by atoms with Gasteiger partial charge in [-0.25, -0.2) is 13.1 Å². The van der Waals surface area contributed by atoms with Crippen molar-refractivity contribution < 1.29 is 17.9 Å². The fourth-order valence-corrected chi connectivity index (χ4v) is 3.94. The van der Waals surface area contributed by atoms with Crippen molar-refractivity contribution in [3.05, 3.63) is 24.3 Å². The first kappa shape index (κ1) is 17.9. The summed E-state index contributed by atoms with van der Waals surface area (Å²) in [6.45, 7) is 2.10. The first-order valence-corrected chi connectivity index (χ1v) is 9.33. The Kier molecular flexibility index (Phi) is 6.15. The Morgan fingerprint density at radius 2 is 1.87 bits per heavy atom. The molecule has 0 unspecified atom stereocenters. The number of carbonyl (C=O) groups is 1. The maximum Gasteiger partial charge on any atom is 0.240 e. The summed E-state index contributed by atoms with van der Waals surface area (Å²) >= 11 is 0. The van der Waals surface area contributed by atoms with Gasteiger partial charge in [-0.05, 0) is 37.1 Å². The number of benzene rings is 1. The van der Waals surface area contributed by atoms with Crippen molar-refractivity contribution in [2.24, 2.45) is 5.92 Å². The summed E-state index contributed by atoms with van der Waals surface area (Å²) in [7, 11) is -1.95. The topological polar surface area (TPSA) is 84.5 Å². The van der Waals surface area contributed by atoms with Gasteiger partial charge < -0.3 is 10.1 Å². The Labute approximate surface area is 137 Å². The molecule has 1 atom stereocenters. The molecule has 6 nitrogen and oxygen atoms in total. The highest BCUT2D eigenvalue weighted by molar-refractivity contribution is 7.89. The van der Waals surface area contributed by atoms with Crippen LogP contribution in [0.4, 0.5) is 5.69 Å². The lowest BCUT2D eigenvalue weighted by atomic mass is 10.2. The number of hydrogen-bond donors (Lipinski definition) is 2. The highest BCUT2D eigenvalue weighted by Gasteiger charge is 2.22. The fraction of sp³-hybridized carbons (Fsp3) is 0.562. The summed E-state index contributed by atoms with van der Waals surface area (Å²) in [4.78, 5) is 12.1. The number of anilines is 1. The van der Waals surface area contributed by atoms with E-state index in [-0.39, 0.29) is 22.8 Å². The second-order valence-electron chi connectivity index (χ2n) is 5.97. The van der Waals surface area contributed by atoms with E-state index in [0.29, 0.717) is 12.3 Å². The van der Waals surface area contributed by atoms with Crippen LogP contribution < -0.4 is 10.0 Å². The second kappa shape index (κ2) is 7.90. The van der Waals surface area contributed by atoms with Gasteiger partial charge in [-0.3, -0.25) is 4.79 Å². The van der Waals surface area contributed by atoms with Crippen LogP contribution in [0.2, 0.25) is 0 Å². The molecule has 2 N–H and O–H groups in total. The molecule has 128 valence electrons. The zero-order chi connectivity index (χ0) is 16.9. The summed E-state index contributed by atoms with van der Waals surface area (Å²) in [6, 6.07) is 6.25. The summed E-state index contributed by atoms with van der Waals surface area (Å²) in [6.07, 6.45) is 3.92. The Bertz CT molecular complexity index is 622. The lowest BCUT2D eigenvalue weighted by Crippen LogP contribution is -2.32. The third kappa shape index (κ3) is 5.02. The highest BCUT2D eigenvalue weighted by atomic mass is 32.2. The maximum atomic E-state index is 12.3. The molecule has 23 heavy (non-hydrogen) atoms. The summed E-state index contributed by atoms with van der Waals surface area (Å²) in [5, 5.41) is 2.74. The zero-order valence-corrected chi connectivity index (χ0v) is 14.4. The van der Waals surface area contributed by atoms with E-state index in [1.165, 1.54) is 12.1 Å². The molecule has 0 spiro atoms. The minimum Gasteiger partial charge on any atom is -0.384 e. The van der Waals surface area contributed by atoms with Gasteiger partial charge in [0.05, 0.1) is 17.4 Å². The van der Waals surface area contributed by atoms with Crippen LogP contribution >= 0.6 is 0 Å². The Morgan fingerprint density at radius 3 is 2.43 bits per heavy atom. The molecule has 1 fully saturated rings. The molecule has 7 heteroatoms. The molecule has 0 heterocycles. The van der Waals surface area contributed by atoms with E-state index in [4.69, 9.17) is 4.74 Å². The molecule has 1 aromatic carbocycles. The fourth-order valence-electron chi connectivity index (χ4n) is 2.64. The third-order valence-corrected chi connectivity index (χ3v) is 5.51. The molecule has 0 saturated heterocycles. The van der Waals surface area contributed by atoms with Crippen molar-refractivity contribution in [1.82, 2.24) is 4.72 Å². The van der Waals surface area contributed by atoms with E-state index in [9.17, 15) is 13.2 Å². The van der Waals surface area contributed by atoms with Gasteiger partial charge in [0.15, 0.2) is 0 Å². The lowest BCUT2D eigenvalue weighted by molar-refractivity contribution is -0.120. The number of hydrogen-bond acceptors (Lipinski definition) is 4. The first-order valence-electron chi connectivity index (χ1n) is 7.84. The number of nitrogens with one attached hydrogen (secondary N) is 2. The minimum atomic E-state index is -3.50. The van der Waals surface area contributed by atoms with Gasteiger partial charge in [0.2, 0.25) is 15.9 Å². The van der Waals surface area contributed by atoms with E-state index >= 15 is 0 Å². The molecular weight excluding hydrogens is 316 g/mol. The predicted octanol–water partition coefficient (Wildman–Crippen LogP) is 2.13. The van der Waals surface area contributed by atoms with Gasteiger partial charge in [0.25, 0.3) is 0 Å². The van der Waals surface area contributed by atoms with Gasteiger partial charge in [-0.1, -0.05) is 19.8 Å². The Hall–Kier alpha value is -1.44. The van der Waals surface area contributed by atoms with Crippen LogP contribution in [0.1, 0.15) is 32.6 Å². The average Bonchev–Trinajstić information content (AvgIpc) is 3.00. The molecule has 1 aromatic rings.